The van der Waals surface area contributed by atoms with Gasteiger partial charge in [-0.15, -0.1) is 0 Å². The molecule has 1 N–H and O–H groups in total. The summed E-state index contributed by atoms with van der Waals surface area (Å²) in [5.41, 5.74) is -4.25. The Morgan fingerprint density at radius 1 is 1.44 bits per heavy atom. The van der Waals surface area contributed by atoms with Gasteiger partial charge in [0.25, 0.3) is 5.60 Å². The molecule has 0 aliphatic carbocycles. The van der Waals surface area contributed by atoms with Crippen molar-refractivity contribution in [1.82, 2.24) is 0 Å². The maximum absolute atomic E-state index is 12.9. The molecule has 0 saturated carbocycles. The Bertz CT molecular complexity index is 447. The van der Waals surface area contributed by atoms with Crippen LogP contribution in [-0.4, -0.2) is 23.9 Å². The molecular weight excluding hydrogens is 317 g/mol. The minimum absolute atomic E-state index is 0.259. The lowest BCUT2D eigenvalue weighted by Gasteiger charge is -2.28. The first kappa shape index (κ1) is 15.0. The van der Waals surface area contributed by atoms with Gasteiger partial charge >= 0.3 is 12.1 Å². The summed E-state index contributed by atoms with van der Waals surface area (Å²) in [6, 6.07) is 4.79. The van der Waals surface area contributed by atoms with Crippen LogP contribution in [0.25, 0.3) is 0 Å². The average molecular weight is 327 g/mol. The summed E-state index contributed by atoms with van der Waals surface area (Å²) in [5.74, 6) is -1.74. The second-order valence-electron chi connectivity index (χ2n) is 3.44. The second kappa shape index (κ2) is 5.27. The highest BCUT2D eigenvalue weighted by Gasteiger charge is 2.62. The maximum Gasteiger partial charge on any atom is 0.432 e. The van der Waals surface area contributed by atoms with E-state index in [1.165, 1.54) is 19.1 Å². The van der Waals surface area contributed by atoms with Crippen LogP contribution >= 0.6 is 15.9 Å². The minimum atomic E-state index is -5.17. The van der Waals surface area contributed by atoms with E-state index in [0.717, 1.165) is 12.1 Å². The first-order chi connectivity index (χ1) is 8.23. The predicted molar refractivity (Wildman–Crippen MR) is 60.7 cm³/mol. The Labute approximate surface area is 110 Å². The smallest absolute Gasteiger partial charge is 0.432 e. The summed E-state index contributed by atoms with van der Waals surface area (Å²) in [7, 11) is 0. The molecule has 1 atom stereocenters. The van der Waals surface area contributed by atoms with Crippen molar-refractivity contribution in [2.24, 2.45) is 0 Å². The van der Waals surface area contributed by atoms with E-state index in [2.05, 4.69) is 20.7 Å². The van der Waals surface area contributed by atoms with Crippen molar-refractivity contribution in [3.05, 3.63) is 34.3 Å². The molecule has 0 amide bonds. The van der Waals surface area contributed by atoms with Crippen LogP contribution in [0.2, 0.25) is 0 Å². The fourth-order valence-corrected chi connectivity index (χ4v) is 1.75. The van der Waals surface area contributed by atoms with E-state index in [9.17, 15) is 23.1 Å². The zero-order chi connectivity index (χ0) is 14.0. The standard InChI is InChI=1S/C11H10BrF3O3/c1-2-18-9(16)10(17,11(13,14)15)7-4-3-5-8(12)6-7/h3-6,17H,2H2,1H3. The number of aliphatic hydroxyl groups is 1. The fraction of sp³-hybridized carbons (Fsp3) is 0.364. The minimum Gasteiger partial charge on any atom is -0.463 e. The number of carbonyl (C=O) groups is 1. The number of hydrogen-bond acceptors (Lipinski definition) is 3. The molecule has 0 heterocycles. The van der Waals surface area contributed by atoms with Crippen molar-refractivity contribution in [2.75, 3.05) is 6.61 Å². The number of ether oxygens (including phenoxy) is 1. The molecule has 0 saturated heterocycles. The second-order valence-corrected chi connectivity index (χ2v) is 4.35. The largest absolute Gasteiger partial charge is 0.463 e. The topological polar surface area (TPSA) is 46.5 Å². The molecular formula is C11H10BrF3O3. The highest BCUT2D eigenvalue weighted by atomic mass is 79.9. The molecule has 0 radical (unpaired) electrons. The number of rotatable bonds is 3. The van der Waals surface area contributed by atoms with E-state index in [0.29, 0.717) is 4.47 Å². The van der Waals surface area contributed by atoms with Crippen LogP contribution in [-0.2, 0) is 15.1 Å². The van der Waals surface area contributed by atoms with Crippen molar-refractivity contribution in [1.29, 1.82) is 0 Å². The van der Waals surface area contributed by atoms with Gasteiger partial charge in [-0.3, -0.25) is 0 Å². The maximum atomic E-state index is 12.9. The number of hydrogen-bond donors (Lipinski definition) is 1. The lowest BCUT2D eigenvalue weighted by atomic mass is 9.93. The zero-order valence-electron chi connectivity index (χ0n) is 9.29. The van der Waals surface area contributed by atoms with E-state index >= 15 is 0 Å². The van der Waals surface area contributed by atoms with Crippen molar-refractivity contribution in [3.63, 3.8) is 0 Å². The summed E-state index contributed by atoms with van der Waals surface area (Å²) >= 11 is 2.98. The molecule has 0 bridgehead atoms. The van der Waals surface area contributed by atoms with Gasteiger partial charge in [-0.25, -0.2) is 4.79 Å². The molecule has 7 heteroatoms. The highest BCUT2D eigenvalue weighted by Crippen LogP contribution is 2.40. The van der Waals surface area contributed by atoms with E-state index in [1.54, 1.807) is 0 Å². The summed E-state index contributed by atoms with van der Waals surface area (Å²) in [6.45, 7) is 1.10. The van der Waals surface area contributed by atoms with Gasteiger partial charge in [0, 0.05) is 10.0 Å². The molecule has 0 spiro atoms. The average Bonchev–Trinajstić information content (AvgIpc) is 2.26. The van der Waals surface area contributed by atoms with E-state index in [1.807, 2.05) is 0 Å². The van der Waals surface area contributed by atoms with E-state index in [-0.39, 0.29) is 6.61 Å². The van der Waals surface area contributed by atoms with Gasteiger partial charge in [0.15, 0.2) is 0 Å². The number of alkyl halides is 3. The first-order valence-electron chi connectivity index (χ1n) is 4.95. The Morgan fingerprint density at radius 3 is 2.50 bits per heavy atom. The Kier molecular flexibility index (Phi) is 4.39. The van der Waals surface area contributed by atoms with E-state index < -0.39 is 23.3 Å². The van der Waals surface area contributed by atoms with Crippen LogP contribution in [0.1, 0.15) is 12.5 Å². The number of esters is 1. The summed E-state index contributed by atoms with van der Waals surface area (Å²) in [5, 5.41) is 9.72. The molecule has 0 aliphatic heterocycles. The van der Waals surface area contributed by atoms with Gasteiger partial charge in [-0.2, -0.15) is 13.2 Å². The quantitative estimate of drug-likeness (QED) is 0.869. The first-order valence-corrected chi connectivity index (χ1v) is 5.75. The summed E-state index contributed by atoms with van der Waals surface area (Å²) < 4.78 is 43.4. The monoisotopic (exact) mass is 326 g/mol. The van der Waals surface area contributed by atoms with Gasteiger partial charge in [0.1, 0.15) is 0 Å². The Hall–Kier alpha value is -1.08. The molecule has 1 aromatic rings. The molecule has 1 aromatic carbocycles. The van der Waals surface area contributed by atoms with Gasteiger partial charge in [-0.05, 0) is 19.1 Å². The Balaban J connectivity index is 3.34. The molecule has 0 aromatic heterocycles. The Morgan fingerprint density at radius 2 is 2.06 bits per heavy atom. The lowest BCUT2D eigenvalue weighted by molar-refractivity contribution is -0.267. The SMILES string of the molecule is CCOC(=O)C(O)(c1cccc(Br)c1)C(F)(F)F. The fourth-order valence-electron chi connectivity index (χ4n) is 1.35. The molecule has 100 valence electrons. The molecule has 1 rings (SSSR count). The molecule has 0 aliphatic rings. The van der Waals surface area contributed by atoms with Crippen molar-refractivity contribution < 1.29 is 27.8 Å². The van der Waals surface area contributed by atoms with E-state index in [4.69, 9.17) is 0 Å². The van der Waals surface area contributed by atoms with Gasteiger partial charge in [0.05, 0.1) is 6.61 Å². The van der Waals surface area contributed by atoms with Gasteiger partial charge < -0.3 is 9.84 Å². The normalized spacial score (nSPS) is 15.0. The molecule has 18 heavy (non-hydrogen) atoms. The van der Waals surface area contributed by atoms with Gasteiger partial charge in [-0.1, -0.05) is 28.1 Å². The number of carbonyl (C=O) groups excluding carboxylic acids is 1. The molecule has 3 nitrogen and oxygen atoms in total. The van der Waals surface area contributed by atoms with Gasteiger partial charge in [0.2, 0.25) is 0 Å². The van der Waals surface area contributed by atoms with Crippen LogP contribution < -0.4 is 0 Å². The van der Waals surface area contributed by atoms with Crippen LogP contribution in [0.15, 0.2) is 28.7 Å². The van der Waals surface area contributed by atoms with Crippen LogP contribution in [0.3, 0.4) is 0 Å². The van der Waals surface area contributed by atoms with Crippen LogP contribution in [0.4, 0.5) is 13.2 Å². The van der Waals surface area contributed by atoms with Crippen molar-refractivity contribution in [2.45, 2.75) is 18.7 Å². The van der Waals surface area contributed by atoms with Crippen LogP contribution in [0.5, 0.6) is 0 Å². The van der Waals surface area contributed by atoms with Crippen LogP contribution in [0, 0.1) is 0 Å². The number of benzene rings is 1. The highest BCUT2D eigenvalue weighted by molar-refractivity contribution is 9.10. The number of halogens is 4. The van der Waals surface area contributed by atoms with Crippen molar-refractivity contribution >= 4 is 21.9 Å². The summed E-state index contributed by atoms with van der Waals surface area (Å²) in [6.07, 6.45) is -5.17. The lowest BCUT2D eigenvalue weighted by Crippen LogP contribution is -2.50. The predicted octanol–water partition coefficient (Wildman–Crippen LogP) is 2.76. The van der Waals surface area contributed by atoms with Crippen molar-refractivity contribution in [3.8, 4) is 0 Å². The third kappa shape index (κ3) is 2.67. The molecule has 1 unspecified atom stereocenters. The third-order valence-corrected chi connectivity index (χ3v) is 2.72. The zero-order valence-corrected chi connectivity index (χ0v) is 10.9. The third-order valence-electron chi connectivity index (χ3n) is 2.22. The molecule has 0 fully saturated rings. The summed E-state index contributed by atoms with van der Waals surface area (Å²) in [4.78, 5) is 11.4.